The number of ether oxygens (including phenoxy) is 3. The van der Waals surface area contributed by atoms with Gasteiger partial charge in [0, 0.05) is 30.0 Å². The number of carbonyl (C=O) groups is 1. The summed E-state index contributed by atoms with van der Waals surface area (Å²) in [6.07, 6.45) is -1.81. The van der Waals surface area contributed by atoms with Gasteiger partial charge < -0.3 is 18.8 Å². The predicted octanol–water partition coefficient (Wildman–Crippen LogP) is 5.86. The van der Waals surface area contributed by atoms with Crippen molar-refractivity contribution in [3.05, 3.63) is 71.4 Å². The van der Waals surface area contributed by atoms with Gasteiger partial charge in [0.15, 0.2) is 5.69 Å². The largest absolute Gasteiger partial charge is 0.496 e. The Balaban J connectivity index is 1.53. The van der Waals surface area contributed by atoms with E-state index in [1.54, 1.807) is 30.3 Å². The third kappa shape index (κ3) is 4.44. The predicted molar refractivity (Wildman–Crippen MR) is 130 cm³/mol. The van der Waals surface area contributed by atoms with E-state index < -0.39 is 23.4 Å². The first-order valence-corrected chi connectivity index (χ1v) is 12.3. The van der Waals surface area contributed by atoms with E-state index in [1.807, 2.05) is 0 Å². The Kier molecular flexibility index (Phi) is 6.71. The summed E-state index contributed by atoms with van der Waals surface area (Å²) in [5.41, 5.74) is 0.157. The second-order valence-electron chi connectivity index (χ2n) is 9.98. The molecule has 2 heterocycles. The molecule has 4 unspecified atom stereocenters. The smallest absolute Gasteiger partial charge is 0.435 e. The average Bonchev–Trinajstić information content (AvgIpc) is 3.61. The lowest BCUT2D eigenvalue weighted by molar-refractivity contribution is -0.147. The number of carbonyl (C=O) groups excluding carboxylic acids is 1. The van der Waals surface area contributed by atoms with Crippen LogP contribution < -0.4 is 4.74 Å². The van der Waals surface area contributed by atoms with Crippen LogP contribution in [0.15, 0.2) is 48.8 Å². The van der Waals surface area contributed by atoms with Gasteiger partial charge in [-0.25, -0.2) is 9.37 Å². The first-order chi connectivity index (χ1) is 18.1. The number of methoxy groups -OCH3 is 2. The molecule has 1 saturated heterocycles. The van der Waals surface area contributed by atoms with E-state index in [0.717, 1.165) is 17.5 Å². The molecule has 202 valence electrons. The number of hydrogen-bond donors (Lipinski definition) is 0. The summed E-state index contributed by atoms with van der Waals surface area (Å²) in [6.45, 7) is 0.295. The molecule has 6 nitrogen and oxygen atoms in total. The van der Waals surface area contributed by atoms with Crippen molar-refractivity contribution >= 4 is 5.97 Å². The van der Waals surface area contributed by atoms with Gasteiger partial charge >= 0.3 is 12.1 Å². The van der Waals surface area contributed by atoms with Gasteiger partial charge in [0.1, 0.15) is 11.6 Å². The van der Waals surface area contributed by atoms with Crippen molar-refractivity contribution in [1.29, 1.82) is 0 Å². The van der Waals surface area contributed by atoms with Crippen LogP contribution >= 0.6 is 0 Å². The third-order valence-electron chi connectivity index (χ3n) is 7.89. The Hall–Kier alpha value is -3.40. The highest BCUT2D eigenvalue weighted by molar-refractivity contribution is 5.74. The molecular formula is C28H28F4N2O4. The highest BCUT2D eigenvalue weighted by Gasteiger charge is 2.56. The van der Waals surface area contributed by atoms with Gasteiger partial charge in [-0.2, -0.15) is 13.2 Å². The molecule has 0 amide bonds. The van der Waals surface area contributed by atoms with Crippen LogP contribution in [-0.2, 0) is 27.5 Å². The summed E-state index contributed by atoms with van der Waals surface area (Å²) in [6, 6.07) is 11.0. The lowest BCUT2D eigenvalue weighted by Crippen LogP contribution is -2.35. The Morgan fingerprint density at radius 3 is 2.55 bits per heavy atom. The van der Waals surface area contributed by atoms with Crippen LogP contribution in [0.25, 0.3) is 11.3 Å². The molecule has 2 aliphatic rings. The molecule has 5 rings (SSSR count). The molecule has 4 atom stereocenters. The summed E-state index contributed by atoms with van der Waals surface area (Å²) < 4.78 is 73.2. The van der Waals surface area contributed by atoms with E-state index in [2.05, 4.69) is 4.98 Å². The quantitative estimate of drug-likeness (QED) is 0.304. The van der Waals surface area contributed by atoms with E-state index in [-0.39, 0.29) is 29.3 Å². The van der Waals surface area contributed by atoms with Crippen molar-refractivity contribution in [2.75, 3.05) is 20.8 Å². The molecule has 0 bridgehead atoms. The van der Waals surface area contributed by atoms with Crippen LogP contribution in [0.4, 0.5) is 17.6 Å². The second-order valence-corrected chi connectivity index (χ2v) is 9.98. The molecule has 1 aromatic heterocycles. The summed E-state index contributed by atoms with van der Waals surface area (Å²) in [5, 5.41) is 0. The molecule has 10 heteroatoms. The highest BCUT2D eigenvalue weighted by Crippen LogP contribution is 2.57. The molecule has 1 aliphatic carbocycles. The number of hydrogen-bond acceptors (Lipinski definition) is 5. The van der Waals surface area contributed by atoms with Crippen LogP contribution in [0.3, 0.4) is 0 Å². The number of aryl methyl sites for hydroxylation is 1. The van der Waals surface area contributed by atoms with Crippen molar-refractivity contribution in [3.63, 3.8) is 0 Å². The average molecular weight is 533 g/mol. The molecule has 0 radical (unpaired) electrons. The van der Waals surface area contributed by atoms with Crippen LogP contribution in [0, 0.1) is 11.7 Å². The zero-order valence-electron chi connectivity index (χ0n) is 21.2. The van der Waals surface area contributed by atoms with Gasteiger partial charge in [0.05, 0.1) is 44.4 Å². The monoisotopic (exact) mass is 532 g/mol. The zero-order chi connectivity index (χ0) is 27.2. The number of esters is 1. The van der Waals surface area contributed by atoms with E-state index in [0.29, 0.717) is 37.2 Å². The number of rotatable bonds is 5. The van der Waals surface area contributed by atoms with E-state index in [4.69, 9.17) is 14.2 Å². The van der Waals surface area contributed by atoms with Crippen LogP contribution in [-0.4, -0.2) is 41.9 Å². The molecule has 3 aromatic rings. The van der Waals surface area contributed by atoms with Crippen molar-refractivity contribution < 1.29 is 36.6 Å². The van der Waals surface area contributed by atoms with Crippen LogP contribution in [0.1, 0.15) is 47.9 Å². The molecule has 38 heavy (non-hydrogen) atoms. The first kappa shape index (κ1) is 26.2. The Bertz CT molecular complexity index is 1340. The Morgan fingerprint density at radius 1 is 1.16 bits per heavy atom. The highest BCUT2D eigenvalue weighted by atomic mass is 19.4. The Morgan fingerprint density at radius 2 is 1.89 bits per heavy atom. The van der Waals surface area contributed by atoms with Crippen LogP contribution in [0.5, 0.6) is 5.75 Å². The molecular weight excluding hydrogens is 504 g/mol. The minimum atomic E-state index is -4.60. The fourth-order valence-electron chi connectivity index (χ4n) is 6.27. The number of halogens is 4. The molecule has 1 aliphatic heterocycles. The van der Waals surface area contributed by atoms with Gasteiger partial charge in [0.25, 0.3) is 0 Å². The second kappa shape index (κ2) is 9.72. The normalized spacial score (nSPS) is 25.2. The van der Waals surface area contributed by atoms with Gasteiger partial charge in [-0.3, -0.25) is 4.79 Å². The number of benzene rings is 2. The topological polar surface area (TPSA) is 62.6 Å². The maximum absolute atomic E-state index is 13.7. The lowest BCUT2D eigenvalue weighted by Gasteiger charge is -2.33. The van der Waals surface area contributed by atoms with E-state index in [9.17, 15) is 22.4 Å². The van der Waals surface area contributed by atoms with Crippen molar-refractivity contribution in [2.45, 2.75) is 42.9 Å². The maximum Gasteiger partial charge on any atom is 0.435 e. The SMILES string of the molecule is COC(=O)C1CCC2(CC(c3cc(-c4c(C(F)(F)F)ncn4C)ccc3OC)CO2)C1c1ccc(F)cc1. The summed E-state index contributed by atoms with van der Waals surface area (Å²) in [7, 11) is 4.38. The van der Waals surface area contributed by atoms with Crippen LogP contribution in [0.2, 0.25) is 0 Å². The number of imidazole rings is 1. The fourth-order valence-corrected chi connectivity index (χ4v) is 6.27. The maximum atomic E-state index is 13.7. The van der Waals surface area contributed by atoms with E-state index >= 15 is 0 Å². The number of nitrogens with zero attached hydrogens (tertiary/aromatic N) is 2. The van der Waals surface area contributed by atoms with Gasteiger partial charge in [-0.1, -0.05) is 12.1 Å². The number of alkyl halides is 3. The molecule has 0 N–H and O–H groups in total. The Labute approximate surface area is 217 Å². The summed E-state index contributed by atoms with van der Waals surface area (Å²) in [4.78, 5) is 16.3. The minimum Gasteiger partial charge on any atom is -0.496 e. The van der Waals surface area contributed by atoms with Crippen molar-refractivity contribution in [3.8, 4) is 17.0 Å². The summed E-state index contributed by atoms with van der Waals surface area (Å²) in [5.74, 6) is -1.21. The zero-order valence-corrected chi connectivity index (χ0v) is 21.2. The standard InChI is InChI=1S/C28H28F4N2O4/c1-34-15-33-25(28(30,31)32)24(34)17-6-9-22(36-2)21(12-17)18-13-27(38-14-18)11-10-20(26(35)37-3)23(27)16-4-7-19(29)8-5-16/h4-9,12,15,18,20,23H,10-11,13-14H2,1-3H3. The summed E-state index contributed by atoms with van der Waals surface area (Å²) >= 11 is 0. The van der Waals surface area contributed by atoms with Crippen molar-refractivity contribution in [1.82, 2.24) is 9.55 Å². The van der Waals surface area contributed by atoms with E-state index in [1.165, 1.54) is 38.0 Å². The molecule has 1 saturated carbocycles. The van der Waals surface area contributed by atoms with Gasteiger partial charge in [-0.05, 0) is 55.2 Å². The van der Waals surface area contributed by atoms with Crippen molar-refractivity contribution in [2.24, 2.45) is 13.0 Å². The number of aromatic nitrogens is 2. The van der Waals surface area contributed by atoms with Gasteiger partial charge in [0.2, 0.25) is 0 Å². The minimum absolute atomic E-state index is 0.0363. The first-order valence-electron chi connectivity index (χ1n) is 12.3. The third-order valence-corrected chi connectivity index (χ3v) is 7.89. The molecule has 1 spiro atoms. The molecule has 2 fully saturated rings. The van der Waals surface area contributed by atoms with Gasteiger partial charge in [-0.15, -0.1) is 0 Å². The molecule has 2 aromatic carbocycles. The fraction of sp³-hybridized carbons (Fsp3) is 0.429. The lowest BCUT2D eigenvalue weighted by atomic mass is 9.76.